The molecule has 1 unspecified atom stereocenters. The van der Waals surface area contributed by atoms with E-state index in [9.17, 15) is 0 Å². The molecule has 35 heavy (non-hydrogen) atoms. The highest BCUT2D eigenvalue weighted by Crippen LogP contribution is 2.46. The maximum atomic E-state index is 3.67. The second kappa shape index (κ2) is 11.8. The third kappa shape index (κ3) is 6.61. The fraction of sp³-hybridized carbons (Fsp3) is 0.625. The number of nitrogens with zero attached hydrogens (tertiary/aromatic N) is 2. The predicted molar refractivity (Wildman–Crippen MR) is 153 cm³/mol. The summed E-state index contributed by atoms with van der Waals surface area (Å²) in [7, 11) is 2.25. The summed E-state index contributed by atoms with van der Waals surface area (Å²) in [6.07, 6.45) is 9.25. The standard InChI is InChI=1S/C32H49N3/c1-6-7-13-29-23-33-20-21-35(29)31-19-18-28(34(5)24-25-11-9-8-10-12-25)22-30(31)26-14-16-27(17-15-26)32(2,3)4/h8-12,18-19,22,26-27,29,33H,6-7,13-17,20-21,23-24H2,1-5H3. The summed E-state index contributed by atoms with van der Waals surface area (Å²) in [5.41, 5.74) is 6.27. The summed E-state index contributed by atoms with van der Waals surface area (Å²) in [6.45, 7) is 13.9. The Hall–Kier alpha value is -2.00. The predicted octanol–water partition coefficient (Wildman–Crippen LogP) is 7.61. The van der Waals surface area contributed by atoms with Crippen LogP contribution in [0.5, 0.6) is 0 Å². The van der Waals surface area contributed by atoms with Crippen molar-refractivity contribution in [3.8, 4) is 0 Å². The number of rotatable bonds is 8. The van der Waals surface area contributed by atoms with Crippen molar-refractivity contribution in [1.82, 2.24) is 5.32 Å². The van der Waals surface area contributed by atoms with E-state index in [1.807, 2.05) is 0 Å². The van der Waals surface area contributed by atoms with Gasteiger partial charge in [0.25, 0.3) is 0 Å². The zero-order chi connectivity index (χ0) is 24.8. The SMILES string of the molecule is CCCCC1CNCCN1c1ccc(N(C)Cc2ccccc2)cc1C1CCC(C(C)(C)C)CC1. The lowest BCUT2D eigenvalue weighted by Gasteiger charge is -2.42. The third-order valence-electron chi connectivity index (χ3n) is 8.66. The molecular formula is C32H49N3. The van der Waals surface area contributed by atoms with Crippen LogP contribution in [0.1, 0.15) is 89.7 Å². The number of hydrogen-bond donors (Lipinski definition) is 1. The van der Waals surface area contributed by atoms with E-state index in [2.05, 4.69) is 98.4 Å². The van der Waals surface area contributed by atoms with Gasteiger partial charge in [-0.05, 0) is 78.7 Å². The molecule has 2 fully saturated rings. The highest BCUT2D eigenvalue weighted by molar-refractivity contribution is 5.64. The van der Waals surface area contributed by atoms with E-state index in [4.69, 9.17) is 0 Å². The topological polar surface area (TPSA) is 18.5 Å². The average Bonchev–Trinajstić information content (AvgIpc) is 2.87. The Morgan fingerprint density at radius 1 is 1.00 bits per heavy atom. The van der Waals surface area contributed by atoms with Gasteiger partial charge in [-0.15, -0.1) is 0 Å². The molecule has 1 heterocycles. The minimum absolute atomic E-state index is 0.426. The summed E-state index contributed by atoms with van der Waals surface area (Å²) in [4.78, 5) is 5.19. The van der Waals surface area contributed by atoms with Crippen molar-refractivity contribution < 1.29 is 0 Å². The van der Waals surface area contributed by atoms with E-state index in [-0.39, 0.29) is 0 Å². The Bertz CT molecular complexity index is 908. The Kier molecular flexibility index (Phi) is 8.81. The van der Waals surface area contributed by atoms with Crippen molar-refractivity contribution in [3.63, 3.8) is 0 Å². The highest BCUT2D eigenvalue weighted by Gasteiger charge is 2.33. The number of piperazine rings is 1. The van der Waals surface area contributed by atoms with Crippen LogP contribution in [0.25, 0.3) is 0 Å². The summed E-state index contributed by atoms with van der Waals surface area (Å²) >= 11 is 0. The minimum Gasteiger partial charge on any atom is -0.370 e. The van der Waals surface area contributed by atoms with Crippen LogP contribution in [0.3, 0.4) is 0 Å². The van der Waals surface area contributed by atoms with Gasteiger partial charge in [-0.3, -0.25) is 0 Å². The molecule has 192 valence electrons. The molecule has 2 aliphatic rings. The molecule has 1 aliphatic heterocycles. The highest BCUT2D eigenvalue weighted by atomic mass is 15.2. The molecule has 1 N–H and O–H groups in total. The monoisotopic (exact) mass is 475 g/mol. The maximum absolute atomic E-state index is 3.67. The molecule has 0 aromatic heterocycles. The van der Waals surface area contributed by atoms with Gasteiger partial charge >= 0.3 is 0 Å². The molecule has 2 aromatic rings. The summed E-state index contributed by atoms with van der Waals surface area (Å²) in [5.74, 6) is 1.53. The Morgan fingerprint density at radius 2 is 1.74 bits per heavy atom. The van der Waals surface area contributed by atoms with Crippen molar-refractivity contribution in [1.29, 1.82) is 0 Å². The lowest BCUT2D eigenvalue weighted by Crippen LogP contribution is -2.51. The van der Waals surface area contributed by atoms with Gasteiger partial charge in [0.2, 0.25) is 0 Å². The smallest absolute Gasteiger partial charge is 0.0426 e. The lowest BCUT2D eigenvalue weighted by molar-refractivity contribution is 0.169. The molecule has 1 aliphatic carbocycles. The van der Waals surface area contributed by atoms with E-state index in [0.717, 1.165) is 32.1 Å². The average molecular weight is 476 g/mol. The van der Waals surface area contributed by atoms with Crippen LogP contribution in [-0.2, 0) is 6.54 Å². The summed E-state index contributed by atoms with van der Waals surface area (Å²) < 4.78 is 0. The number of benzene rings is 2. The molecule has 4 rings (SSSR count). The first-order chi connectivity index (χ1) is 16.9. The molecular weight excluding hydrogens is 426 g/mol. The van der Waals surface area contributed by atoms with Gasteiger partial charge in [-0.25, -0.2) is 0 Å². The summed E-state index contributed by atoms with van der Waals surface area (Å²) in [5, 5.41) is 3.67. The second-order valence-corrected chi connectivity index (χ2v) is 12.2. The Morgan fingerprint density at radius 3 is 2.43 bits per heavy atom. The first-order valence-electron chi connectivity index (χ1n) is 14.2. The van der Waals surface area contributed by atoms with Gasteiger partial charge in [-0.1, -0.05) is 70.9 Å². The molecule has 2 aromatic carbocycles. The second-order valence-electron chi connectivity index (χ2n) is 12.2. The fourth-order valence-corrected chi connectivity index (χ4v) is 6.36. The van der Waals surface area contributed by atoms with Crippen molar-refractivity contribution in [2.24, 2.45) is 11.3 Å². The fourth-order valence-electron chi connectivity index (χ4n) is 6.36. The number of nitrogens with one attached hydrogen (secondary N) is 1. The van der Waals surface area contributed by atoms with Crippen LogP contribution in [0.2, 0.25) is 0 Å². The van der Waals surface area contributed by atoms with Gasteiger partial charge in [0, 0.05) is 50.6 Å². The molecule has 1 saturated carbocycles. The van der Waals surface area contributed by atoms with Crippen LogP contribution in [-0.4, -0.2) is 32.7 Å². The van der Waals surface area contributed by atoms with E-state index < -0.39 is 0 Å². The van der Waals surface area contributed by atoms with Crippen LogP contribution in [0, 0.1) is 11.3 Å². The van der Waals surface area contributed by atoms with E-state index in [1.54, 1.807) is 5.56 Å². The zero-order valence-corrected chi connectivity index (χ0v) is 23.0. The van der Waals surface area contributed by atoms with Gasteiger partial charge in [-0.2, -0.15) is 0 Å². The Labute approximate surface area is 215 Å². The van der Waals surface area contributed by atoms with Crippen LogP contribution in [0.4, 0.5) is 11.4 Å². The minimum atomic E-state index is 0.426. The van der Waals surface area contributed by atoms with E-state index in [1.165, 1.54) is 61.9 Å². The zero-order valence-electron chi connectivity index (χ0n) is 23.0. The molecule has 0 bridgehead atoms. The number of hydrogen-bond acceptors (Lipinski definition) is 3. The van der Waals surface area contributed by atoms with Crippen LogP contribution >= 0.6 is 0 Å². The number of anilines is 2. The van der Waals surface area contributed by atoms with Crippen molar-refractivity contribution in [3.05, 3.63) is 59.7 Å². The first-order valence-corrected chi connectivity index (χ1v) is 14.2. The Balaban J connectivity index is 1.62. The van der Waals surface area contributed by atoms with Crippen molar-refractivity contribution >= 4 is 11.4 Å². The van der Waals surface area contributed by atoms with Crippen LogP contribution < -0.4 is 15.1 Å². The van der Waals surface area contributed by atoms with Crippen molar-refractivity contribution in [2.75, 3.05) is 36.5 Å². The molecule has 0 amide bonds. The van der Waals surface area contributed by atoms with Crippen LogP contribution in [0.15, 0.2) is 48.5 Å². The lowest BCUT2D eigenvalue weighted by atomic mass is 9.68. The molecule has 1 atom stereocenters. The van der Waals surface area contributed by atoms with E-state index in [0.29, 0.717) is 17.4 Å². The largest absolute Gasteiger partial charge is 0.370 e. The molecule has 3 nitrogen and oxygen atoms in total. The van der Waals surface area contributed by atoms with Gasteiger partial charge in [0.05, 0.1) is 0 Å². The summed E-state index contributed by atoms with van der Waals surface area (Å²) in [6, 6.07) is 18.9. The number of unbranched alkanes of at least 4 members (excludes halogenated alkanes) is 1. The molecule has 1 saturated heterocycles. The quantitative estimate of drug-likeness (QED) is 0.424. The maximum Gasteiger partial charge on any atom is 0.0426 e. The van der Waals surface area contributed by atoms with Gasteiger partial charge in [0.1, 0.15) is 0 Å². The molecule has 0 radical (unpaired) electrons. The normalized spacial score (nSPS) is 23.3. The van der Waals surface area contributed by atoms with Gasteiger partial charge < -0.3 is 15.1 Å². The van der Waals surface area contributed by atoms with E-state index >= 15 is 0 Å². The first kappa shape index (κ1) is 26.1. The third-order valence-corrected chi connectivity index (χ3v) is 8.66. The molecule has 0 spiro atoms. The van der Waals surface area contributed by atoms with Gasteiger partial charge in [0.15, 0.2) is 0 Å². The molecule has 3 heteroatoms. The van der Waals surface area contributed by atoms with Crippen molar-refractivity contribution in [2.45, 2.75) is 91.1 Å².